The highest BCUT2D eigenvalue weighted by atomic mass is 19.4. The molecule has 2 rings (SSSR count). The summed E-state index contributed by atoms with van der Waals surface area (Å²) in [6, 6.07) is 4.40. The normalized spacial score (nSPS) is 11.9. The summed E-state index contributed by atoms with van der Waals surface area (Å²) < 4.78 is 41.3. The van der Waals surface area contributed by atoms with Gasteiger partial charge in [-0.15, -0.1) is 0 Å². The number of nitrogens with one attached hydrogen (secondary N) is 1. The van der Waals surface area contributed by atoms with E-state index >= 15 is 0 Å². The summed E-state index contributed by atoms with van der Waals surface area (Å²) in [4.78, 5) is 4.20. The van der Waals surface area contributed by atoms with Gasteiger partial charge in [0.25, 0.3) is 0 Å². The maximum atomic E-state index is 13.2. The smallest absolute Gasteiger partial charge is 0.316 e. The summed E-state index contributed by atoms with van der Waals surface area (Å²) in [6.45, 7) is 2.19. The van der Waals surface area contributed by atoms with Crippen molar-refractivity contribution in [2.24, 2.45) is 0 Å². The molecule has 0 amide bonds. The van der Waals surface area contributed by atoms with Gasteiger partial charge in [0.15, 0.2) is 0 Å². The third kappa shape index (κ3) is 3.44. The zero-order valence-corrected chi connectivity index (χ0v) is 12.0. The minimum absolute atomic E-state index is 0.181. The molecule has 0 saturated carbocycles. The first-order valence-corrected chi connectivity index (χ1v) is 6.84. The average molecular weight is 297 g/mol. The SMILES string of the molecule is CCCc1nccn1-c1ccc(CNC)c(C(F)(F)F)c1. The van der Waals surface area contributed by atoms with E-state index in [4.69, 9.17) is 0 Å². The largest absolute Gasteiger partial charge is 0.416 e. The Morgan fingerprint density at radius 3 is 2.67 bits per heavy atom. The summed E-state index contributed by atoms with van der Waals surface area (Å²) in [7, 11) is 1.63. The van der Waals surface area contributed by atoms with Crippen LogP contribution in [0.2, 0.25) is 0 Å². The molecule has 0 aliphatic heterocycles. The van der Waals surface area contributed by atoms with Gasteiger partial charge < -0.3 is 9.88 Å². The second kappa shape index (κ2) is 6.30. The monoisotopic (exact) mass is 297 g/mol. The highest BCUT2D eigenvalue weighted by molar-refractivity contribution is 5.43. The number of aryl methyl sites for hydroxylation is 1. The number of benzene rings is 1. The number of halogens is 3. The molecule has 1 aromatic carbocycles. The van der Waals surface area contributed by atoms with Crippen LogP contribution in [-0.2, 0) is 19.1 Å². The highest BCUT2D eigenvalue weighted by Gasteiger charge is 2.33. The molecule has 0 atom stereocenters. The van der Waals surface area contributed by atoms with Gasteiger partial charge in [0.05, 0.1) is 5.56 Å². The van der Waals surface area contributed by atoms with E-state index in [2.05, 4.69) is 10.3 Å². The van der Waals surface area contributed by atoms with Crippen molar-refractivity contribution in [3.8, 4) is 5.69 Å². The van der Waals surface area contributed by atoms with Crippen LogP contribution in [0.1, 0.15) is 30.3 Å². The third-order valence-electron chi connectivity index (χ3n) is 3.24. The van der Waals surface area contributed by atoms with E-state index in [1.54, 1.807) is 30.1 Å². The number of hydrogen-bond donors (Lipinski definition) is 1. The Labute approximate surface area is 121 Å². The molecule has 0 radical (unpaired) electrons. The second-order valence-corrected chi connectivity index (χ2v) is 4.83. The van der Waals surface area contributed by atoms with E-state index in [9.17, 15) is 13.2 Å². The van der Waals surface area contributed by atoms with Crippen LogP contribution in [0.25, 0.3) is 5.69 Å². The van der Waals surface area contributed by atoms with Gasteiger partial charge in [-0.05, 0) is 31.2 Å². The molecule has 0 aliphatic rings. The predicted octanol–water partition coefficient (Wildman–Crippen LogP) is 3.56. The lowest BCUT2D eigenvalue weighted by atomic mass is 10.1. The fraction of sp³-hybridized carbons (Fsp3) is 0.400. The van der Waals surface area contributed by atoms with Crippen molar-refractivity contribution in [2.75, 3.05) is 7.05 Å². The molecule has 1 aromatic heterocycles. The molecule has 1 heterocycles. The summed E-state index contributed by atoms with van der Waals surface area (Å²) >= 11 is 0. The van der Waals surface area contributed by atoms with Crippen molar-refractivity contribution in [2.45, 2.75) is 32.5 Å². The van der Waals surface area contributed by atoms with Crippen molar-refractivity contribution in [1.29, 1.82) is 0 Å². The zero-order valence-electron chi connectivity index (χ0n) is 12.0. The topological polar surface area (TPSA) is 29.9 Å². The Bertz CT molecular complexity index is 602. The van der Waals surface area contributed by atoms with Crippen molar-refractivity contribution in [3.05, 3.63) is 47.5 Å². The van der Waals surface area contributed by atoms with E-state index in [1.807, 2.05) is 6.92 Å². The molecule has 6 heteroatoms. The zero-order chi connectivity index (χ0) is 15.5. The Morgan fingerprint density at radius 1 is 1.29 bits per heavy atom. The van der Waals surface area contributed by atoms with Gasteiger partial charge in [0, 0.05) is 31.0 Å². The molecular weight excluding hydrogens is 279 g/mol. The summed E-state index contributed by atoms with van der Waals surface area (Å²) in [5, 5.41) is 2.76. The highest BCUT2D eigenvalue weighted by Crippen LogP contribution is 2.33. The van der Waals surface area contributed by atoms with E-state index < -0.39 is 11.7 Å². The summed E-state index contributed by atoms with van der Waals surface area (Å²) in [5.74, 6) is 0.770. The van der Waals surface area contributed by atoms with Crippen molar-refractivity contribution < 1.29 is 13.2 Å². The molecule has 114 valence electrons. The molecule has 0 bridgehead atoms. The van der Waals surface area contributed by atoms with Crippen LogP contribution >= 0.6 is 0 Å². The predicted molar refractivity (Wildman–Crippen MR) is 75.3 cm³/mol. The molecule has 21 heavy (non-hydrogen) atoms. The van der Waals surface area contributed by atoms with Crippen LogP contribution in [0.3, 0.4) is 0 Å². The number of hydrogen-bond acceptors (Lipinski definition) is 2. The molecule has 2 aromatic rings. The first-order chi connectivity index (χ1) is 9.97. The van der Waals surface area contributed by atoms with Crippen molar-refractivity contribution >= 4 is 0 Å². The van der Waals surface area contributed by atoms with Crippen molar-refractivity contribution in [3.63, 3.8) is 0 Å². The van der Waals surface area contributed by atoms with E-state index in [1.165, 1.54) is 12.1 Å². The maximum absolute atomic E-state index is 13.2. The number of nitrogens with zero attached hydrogens (tertiary/aromatic N) is 2. The number of alkyl halides is 3. The third-order valence-corrected chi connectivity index (χ3v) is 3.24. The number of imidazole rings is 1. The van der Waals surface area contributed by atoms with Gasteiger partial charge in [0.1, 0.15) is 5.82 Å². The van der Waals surface area contributed by atoms with Crippen LogP contribution in [0.4, 0.5) is 13.2 Å². The number of rotatable bonds is 5. The number of aromatic nitrogens is 2. The molecule has 0 fully saturated rings. The fourth-order valence-corrected chi connectivity index (χ4v) is 2.30. The van der Waals surface area contributed by atoms with E-state index in [0.717, 1.165) is 18.7 Å². The molecule has 1 N–H and O–H groups in total. The minimum atomic E-state index is -4.37. The molecule has 0 spiro atoms. The first kappa shape index (κ1) is 15.6. The average Bonchev–Trinajstić information content (AvgIpc) is 2.87. The van der Waals surface area contributed by atoms with Crippen molar-refractivity contribution in [1.82, 2.24) is 14.9 Å². The summed E-state index contributed by atoms with van der Waals surface area (Å²) in [5.41, 5.74) is 0.125. The van der Waals surface area contributed by atoms with Crippen LogP contribution < -0.4 is 5.32 Å². The molecule has 0 saturated heterocycles. The lowest BCUT2D eigenvalue weighted by molar-refractivity contribution is -0.138. The second-order valence-electron chi connectivity index (χ2n) is 4.83. The quantitative estimate of drug-likeness (QED) is 0.914. The van der Waals surface area contributed by atoms with Gasteiger partial charge in [-0.25, -0.2) is 4.98 Å². The lowest BCUT2D eigenvalue weighted by Gasteiger charge is -2.15. The molecule has 3 nitrogen and oxygen atoms in total. The van der Waals surface area contributed by atoms with Gasteiger partial charge in [0.2, 0.25) is 0 Å². The lowest BCUT2D eigenvalue weighted by Crippen LogP contribution is -2.15. The van der Waals surface area contributed by atoms with Gasteiger partial charge in [-0.3, -0.25) is 0 Å². The van der Waals surface area contributed by atoms with Crippen LogP contribution in [0.15, 0.2) is 30.6 Å². The fourth-order valence-electron chi connectivity index (χ4n) is 2.30. The van der Waals surface area contributed by atoms with Crippen LogP contribution in [-0.4, -0.2) is 16.6 Å². The minimum Gasteiger partial charge on any atom is -0.316 e. The van der Waals surface area contributed by atoms with Gasteiger partial charge in [-0.2, -0.15) is 13.2 Å². The Kier molecular flexibility index (Phi) is 4.67. The van der Waals surface area contributed by atoms with Crippen LogP contribution in [0.5, 0.6) is 0 Å². The Hall–Kier alpha value is -1.82. The molecule has 0 aliphatic carbocycles. The molecule has 0 unspecified atom stereocenters. The standard InChI is InChI=1S/C15H18F3N3/c1-3-4-14-20-7-8-21(14)12-6-5-11(10-19-2)13(9-12)15(16,17)18/h5-9,19H,3-4,10H2,1-2H3. The summed E-state index contributed by atoms with van der Waals surface area (Å²) in [6.07, 6.45) is 0.555. The van der Waals surface area contributed by atoms with Crippen LogP contribution in [0, 0.1) is 0 Å². The van der Waals surface area contributed by atoms with E-state index in [-0.39, 0.29) is 12.1 Å². The van der Waals surface area contributed by atoms with Gasteiger partial charge >= 0.3 is 6.18 Å². The Balaban J connectivity index is 2.48. The van der Waals surface area contributed by atoms with E-state index in [0.29, 0.717) is 5.69 Å². The molecular formula is C15H18F3N3. The maximum Gasteiger partial charge on any atom is 0.416 e. The van der Waals surface area contributed by atoms with Gasteiger partial charge in [-0.1, -0.05) is 13.0 Å². The first-order valence-electron chi connectivity index (χ1n) is 6.84. The Morgan fingerprint density at radius 2 is 2.05 bits per heavy atom.